The van der Waals surface area contributed by atoms with Crippen LogP contribution in [0.1, 0.15) is 36.3 Å². The number of piperidine rings is 1. The molecule has 1 aliphatic carbocycles. The maximum absolute atomic E-state index is 12.2. The lowest BCUT2D eigenvalue weighted by molar-refractivity contribution is 0.131. The minimum Gasteiger partial charge on any atom is -0.452 e. The average molecular weight is 365 g/mol. The quantitative estimate of drug-likeness (QED) is 0.661. The lowest BCUT2D eigenvalue weighted by Crippen LogP contribution is -2.49. The molecule has 3 atom stereocenters. The van der Waals surface area contributed by atoms with Gasteiger partial charge in [-0.05, 0) is 56.0 Å². The molecule has 0 saturated carbocycles. The molecule has 22 heavy (non-hydrogen) atoms. The highest BCUT2D eigenvalue weighted by Crippen LogP contribution is 2.57. The third-order valence-corrected chi connectivity index (χ3v) is 6.58. The van der Waals surface area contributed by atoms with Gasteiger partial charge in [-0.3, -0.25) is 4.90 Å². The zero-order chi connectivity index (χ0) is 15.5. The van der Waals surface area contributed by atoms with Crippen LogP contribution in [-0.2, 0) is 9.06 Å². The lowest BCUT2D eigenvalue weighted by Gasteiger charge is -2.47. The number of carbonyl (C=O) groups excluding carboxylic acids is 1. The third-order valence-electron chi connectivity index (χ3n) is 5.61. The predicted molar refractivity (Wildman–Crippen MR) is 89.8 cm³/mol. The molecule has 0 radical (unpaired) electrons. The topological polar surface area (TPSA) is 32.8 Å². The monoisotopic (exact) mass is 364 g/mol. The highest BCUT2D eigenvalue weighted by Gasteiger charge is 2.52. The van der Waals surface area contributed by atoms with E-state index >= 15 is 0 Å². The number of likely N-dealkylation sites (tertiary alicyclic amines) is 1. The number of anilines is 1. The Bertz CT molecular complexity index is 635. The first-order valence-electron chi connectivity index (χ1n) is 7.93. The van der Waals surface area contributed by atoms with Crippen LogP contribution in [0.25, 0.3) is 0 Å². The molecule has 2 aliphatic heterocycles. The summed E-state index contributed by atoms with van der Waals surface area (Å²) in [6.45, 7) is 1.82. The Morgan fingerprint density at radius 2 is 2.27 bits per heavy atom. The molecule has 0 N–H and O–H groups in total. The average Bonchev–Trinajstić information content (AvgIpc) is 2.83. The normalized spacial score (nSPS) is 33.3. The molecule has 2 heterocycles. The van der Waals surface area contributed by atoms with Gasteiger partial charge in [-0.25, -0.2) is 4.79 Å². The summed E-state index contributed by atoms with van der Waals surface area (Å²) in [5, 5.41) is 0. The molecule has 0 bridgehead atoms. The number of hydrogen-bond donors (Lipinski definition) is 0. The smallest absolute Gasteiger partial charge is 0.414 e. The van der Waals surface area contributed by atoms with Crippen LogP contribution in [0.15, 0.2) is 18.2 Å². The molecular weight excluding hydrogens is 344 g/mol. The second-order valence-corrected chi connectivity index (χ2v) is 8.28. The summed E-state index contributed by atoms with van der Waals surface area (Å²) in [6, 6.07) is 6.94. The Kier molecular flexibility index (Phi) is 3.28. The molecule has 118 valence electrons. The van der Waals surface area contributed by atoms with Gasteiger partial charge in [0.05, 0.1) is 17.1 Å². The molecule has 0 aromatic heterocycles. The van der Waals surface area contributed by atoms with Crippen molar-refractivity contribution in [2.24, 2.45) is 0 Å². The summed E-state index contributed by atoms with van der Waals surface area (Å²) in [4.78, 5) is 16.4. The molecule has 0 spiro atoms. The molecule has 4 rings (SSSR count). The van der Waals surface area contributed by atoms with E-state index in [1.165, 1.54) is 37.6 Å². The van der Waals surface area contributed by atoms with Gasteiger partial charge in [0.2, 0.25) is 0 Å². The molecule has 1 aromatic carbocycles. The highest BCUT2D eigenvalue weighted by molar-refractivity contribution is 9.09. The Hall–Kier alpha value is -1.07. The van der Waals surface area contributed by atoms with Gasteiger partial charge in [0.1, 0.15) is 0 Å². The zero-order valence-corrected chi connectivity index (χ0v) is 14.6. The number of methoxy groups -OCH3 is 1. The van der Waals surface area contributed by atoms with E-state index in [-0.39, 0.29) is 10.4 Å². The minimum absolute atomic E-state index is 0.139. The molecule has 1 fully saturated rings. The molecule has 1 saturated heterocycles. The Labute approximate surface area is 139 Å². The van der Waals surface area contributed by atoms with Gasteiger partial charge in [-0.15, -0.1) is 0 Å². The number of fused-ring (bicyclic) bond motifs is 2. The fraction of sp³-hybridized carbons (Fsp3) is 0.588. The third kappa shape index (κ3) is 1.88. The van der Waals surface area contributed by atoms with Crippen molar-refractivity contribution in [1.29, 1.82) is 0 Å². The van der Waals surface area contributed by atoms with Crippen molar-refractivity contribution in [3.8, 4) is 0 Å². The van der Waals surface area contributed by atoms with Crippen LogP contribution >= 0.6 is 15.9 Å². The van der Waals surface area contributed by atoms with Crippen LogP contribution in [-0.4, -0.2) is 44.3 Å². The number of nitrogens with zero attached hydrogens (tertiary/aromatic N) is 2. The first-order chi connectivity index (χ1) is 10.5. The molecule has 1 aromatic rings. The van der Waals surface area contributed by atoms with Gasteiger partial charge in [-0.2, -0.15) is 0 Å². The summed E-state index contributed by atoms with van der Waals surface area (Å²) < 4.78 is 4.85. The van der Waals surface area contributed by atoms with E-state index in [0.29, 0.717) is 18.5 Å². The van der Waals surface area contributed by atoms with E-state index in [1.54, 1.807) is 4.90 Å². The summed E-state index contributed by atoms with van der Waals surface area (Å²) in [5.41, 5.74) is 3.76. The second-order valence-electron chi connectivity index (χ2n) is 6.76. The maximum atomic E-state index is 12.2. The van der Waals surface area contributed by atoms with Crippen molar-refractivity contribution in [2.45, 2.75) is 35.5 Å². The number of rotatable bonds is 0. The van der Waals surface area contributed by atoms with E-state index in [9.17, 15) is 4.79 Å². The van der Waals surface area contributed by atoms with E-state index in [2.05, 4.69) is 40.0 Å². The number of likely N-dealkylation sites (N-methyl/N-ethyl adjacent to an activating group) is 1. The minimum atomic E-state index is -0.266. The number of hydrogen-bond acceptors (Lipinski definition) is 3. The summed E-state index contributed by atoms with van der Waals surface area (Å²) in [6.07, 6.45) is 3.27. The Morgan fingerprint density at radius 3 is 3.05 bits per heavy atom. The van der Waals surface area contributed by atoms with E-state index in [0.717, 1.165) is 12.1 Å². The summed E-state index contributed by atoms with van der Waals surface area (Å²) in [7, 11) is 3.68. The Morgan fingerprint density at radius 1 is 1.45 bits per heavy atom. The Balaban J connectivity index is 1.86. The van der Waals surface area contributed by atoms with Crippen LogP contribution in [0.2, 0.25) is 0 Å². The molecule has 4 nitrogen and oxygen atoms in total. The van der Waals surface area contributed by atoms with Crippen LogP contribution in [0.3, 0.4) is 0 Å². The van der Waals surface area contributed by atoms with E-state index in [1.807, 2.05) is 6.07 Å². The number of carbonyl (C=O) groups is 1. The fourth-order valence-corrected chi connectivity index (χ4v) is 5.67. The standard InChI is InChI=1S/C17H21BrN2O2/c1-19-8-4-6-11-12-5-3-7-13-15(12)17(18,9-14(11)19)10-20(13)16(21)22-2/h3,5,7,11,14H,4,6,8-10H2,1-2H3/t11-,14-,17?/m1/s1. The van der Waals surface area contributed by atoms with E-state index < -0.39 is 0 Å². The van der Waals surface area contributed by atoms with Gasteiger partial charge in [-0.1, -0.05) is 28.1 Å². The number of benzene rings is 1. The first-order valence-corrected chi connectivity index (χ1v) is 8.72. The van der Waals surface area contributed by atoms with Crippen molar-refractivity contribution in [3.63, 3.8) is 0 Å². The first kappa shape index (κ1) is 14.5. The van der Waals surface area contributed by atoms with Gasteiger partial charge in [0, 0.05) is 12.6 Å². The maximum Gasteiger partial charge on any atom is 0.414 e. The van der Waals surface area contributed by atoms with Gasteiger partial charge in [0.15, 0.2) is 0 Å². The van der Waals surface area contributed by atoms with Crippen molar-refractivity contribution in [2.75, 3.05) is 32.1 Å². The summed E-state index contributed by atoms with van der Waals surface area (Å²) >= 11 is 4.00. The van der Waals surface area contributed by atoms with Crippen LogP contribution in [0.5, 0.6) is 0 Å². The van der Waals surface area contributed by atoms with Crippen molar-refractivity contribution in [3.05, 3.63) is 29.3 Å². The van der Waals surface area contributed by atoms with Gasteiger partial charge >= 0.3 is 6.09 Å². The van der Waals surface area contributed by atoms with Crippen molar-refractivity contribution >= 4 is 27.7 Å². The second kappa shape index (κ2) is 4.96. The lowest BCUT2D eigenvalue weighted by atomic mass is 9.70. The van der Waals surface area contributed by atoms with Crippen LogP contribution in [0.4, 0.5) is 10.5 Å². The highest BCUT2D eigenvalue weighted by atomic mass is 79.9. The number of halogens is 1. The van der Waals surface area contributed by atoms with Gasteiger partial charge in [0.25, 0.3) is 0 Å². The predicted octanol–water partition coefficient (Wildman–Crippen LogP) is 3.44. The summed E-state index contributed by atoms with van der Waals surface area (Å²) in [5.74, 6) is 0.581. The molecule has 5 heteroatoms. The van der Waals surface area contributed by atoms with Crippen molar-refractivity contribution < 1.29 is 9.53 Å². The SMILES string of the molecule is COC(=O)N1CC2(Br)C[C@@H]3[C@H](CCCN3C)c3cccc1c32. The molecule has 1 amide bonds. The zero-order valence-electron chi connectivity index (χ0n) is 13.0. The van der Waals surface area contributed by atoms with Crippen molar-refractivity contribution in [1.82, 2.24) is 4.90 Å². The van der Waals surface area contributed by atoms with E-state index in [4.69, 9.17) is 4.74 Å². The fourth-order valence-electron chi connectivity index (χ4n) is 4.65. The number of alkyl halides is 1. The van der Waals surface area contributed by atoms with Crippen LogP contribution in [0, 0.1) is 0 Å². The van der Waals surface area contributed by atoms with Crippen LogP contribution < -0.4 is 4.90 Å². The molecular formula is C17H21BrN2O2. The van der Waals surface area contributed by atoms with Gasteiger partial charge < -0.3 is 9.64 Å². The molecule has 1 unspecified atom stereocenters. The number of ether oxygens (including phenoxy) is 1. The molecule has 3 aliphatic rings. The number of amides is 1. The largest absolute Gasteiger partial charge is 0.452 e.